The van der Waals surface area contributed by atoms with Gasteiger partial charge in [-0.2, -0.15) is 5.10 Å². The van der Waals surface area contributed by atoms with Crippen molar-refractivity contribution in [1.29, 1.82) is 0 Å². The number of carboxylic acids is 1. The molecule has 0 aliphatic heterocycles. The number of carbonyl (C=O) groups is 2. The Bertz CT molecular complexity index is 726. The molecule has 112 valence electrons. The minimum Gasteiger partial charge on any atom is -0.496 e. The number of rotatable bonds is 5. The lowest BCUT2D eigenvalue weighted by molar-refractivity contribution is 0.0696. The van der Waals surface area contributed by atoms with Crippen LogP contribution in [0.3, 0.4) is 0 Å². The summed E-state index contributed by atoms with van der Waals surface area (Å²) in [5.74, 6) is -1.07. The van der Waals surface area contributed by atoms with Crippen molar-refractivity contribution in [2.45, 2.75) is 0 Å². The zero-order valence-corrected chi connectivity index (χ0v) is 11.8. The Morgan fingerprint density at radius 1 is 1.09 bits per heavy atom. The van der Waals surface area contributed by atoms with Gasteiger partial charge in [-0.15, -0.1) is 0 Å². The zero-order chi connectivity index (χ0) is 15.9. The van der Waals surface area contributed by atoms with Crippen molar-refractivity contribution in [1.82, 2.24) is 5.43 Å². The third-order valence-corrected chi connectivity index (χ3v) is 2.91. The van der Waals surface area contributed by atoms with Crippen LogP contribution in [-0.2, 0) is 0 Å². The van der Waals surface area contributed by atoms with Crippen LogP contribution in [-0.4, -0.2) is 30.3 Å². The average Bonchev–Trinajstić information content (AvgIpc) is 2.55. The van der Waals surface area contributed by atoms with Crippen LogP contribution in [0.15, 0.2) is 53.6 Å². The fourth-order valence-electron chi connectivity index (χ4n) is 1.86. The maximum absolute atomic E-state index is 12.0. The second-order valence-electron chi connectivity index (χ2n) is 4.29. The lowest BCUT2D eigenvalue weighted by Crippen LogP contribution is -2.18. The van der Waals surface area contributed by atoms with E-state index in [0.29, 0.717) is 16.9 Å². The van der Waals surface area contributed by atoms with Crippen LogP contribution in [0.4, 0.5) is 0 Å². The van der Waals surface area contributed by atoms with Crippen LogP contribution in [0.25, 0.3) is 0 Å². The van der Waals surface area contributed by atoms with E-state index in [0.717, 1.165) is 0 Å². The Labute approximate surface area is 127 Å². The van der Waals surface area contributed by atoms with Gasteiger partial charge in [0.25, 0.3) is 5.91 Å². The highest BCUT2D eigenvalue weighted by Crippen LogP contribution is 2.16. The molecule has 2 rings (SSSR count). The molecule has 0 heterocycles. The molecule has 0 unspecified atom stereocenters. The van der Waals surface area contributed by atoms with Gasteiger partial charge in [0.2, 0.25) is 0 Å². The summed E-state index contributed by atoms with van der Waals surface area (Å²) in [7, 11) is 1.47. The number of ether oxygens (including phenoxy) is 1. The van der Waals surface area contributed by atoms with E-state index in [2.05, 4.69) is 10.5 Å². The highest BCUT2D eigenvalue weighted by atomic mass is 16.5. The second kappa shape index (κ2) is 7.03. The first-order valence-electron chi connectivity index (χ1n) is 6.42. The zero-order valence-electron chi connectivity index (χ0n) is 11.8. The smallest absolute Gasteiger partial charge is 0.336 e. The normalized spacial score (nSPS) is 10.4. The lowest BCUT2D eigenvalue weighted by atomic mass is 10.1. The molecule has 0 atom stereocenters. The number of benzene rings is 2. The summed E-state index contributed by atoms with van der Waals surface area (Å²) in [6, 6.07) is 13.1. The van der Waals surface area contributed by atoms with Gasteiger partial charge < -0.3 is 9.84 Å². The summed E-state index contributed by atoms with van der Waals surface area (Å²) in [5.41, 5.74) is 3.19. The monoisotopic (exact) mass is 298 g/mol. The molecule has 0 aliphatic rings. The lowest BCUT2D eigenvalue weighted by Gasteiger charge is -2.06. The first-order chi connectivity index (χ1) is 10.6. The van der Waals surface area contributed by atoms with Gasteiger partial charge in [-0.1, -0.05) is 30.3 Å². The number of methoxy groups -OCH3 is 1. The van der Waals surface area contributed by atoms with Crippen LogP contribution >= 0.6 is 0 Å². The maximum atomic E-state index is 12.0. The molecule has 0 fully saturated rings. The quantitative estimate of drug-likeness (QED) is 0.654. The van der Waals surface area contributed by atoms with Crippen LogP contribution in [0, 0.1) is 0 Å². The van der Waals surface area contributed by atoms with Crippen molar-refractivity contribution >= 4 is 18.1 Å². The van der Waals surface area contributed by atoms with E-state index in [9.17, 15) is 9.59 Å². The Morgan fingerprint density at radius 2 is 1.73 bits per heavy atom. The predicted molar refractivity (Wildman–Crippen MR) is 81.5 cm³/mol. The number of hydrogen-bond donors (Lipinski definition) is 2. The van der Waals surface area contributed by atoms with E-state index >= 15 is 0 Å². The van der Waals surface area contributed by atoms with Crippen molar-refractivity contribution in [2.75, 3.05) is 7.11 Å². The summed E-state index contributed by atoms with van der Waals surface area (Å²) in [6.07, 6.45) is 1.29. The van der Waals surface area contributed by atoms with Crippen molar-refractivity contribution in [3.8, 4) is 5.75 Å². The van der Waals surface area contributed by atoms with E-state index in [1.54, 1.807) is 42.5 Å². The van der Waals surface area contributed by atoms with E-state index in [-0.39, 0.29) is 5.56 Å². The van der Waals surface area contributed by atoms with Crippen molar-refractivity contribution in [2.24, 2.45) is 5.10 Å². The molecule has 0 aromatic heterocycles. The molecule has 1 amide bonds. The Balaban J connectivity index is 2.13. The van der Waals surface area contributed by atoms with Crippen LogP contribution in [0.2, 0.25) is 0 Å². The number of hydrogen-bond acceptors (Lipinski definition) is 4. The van der Waals surface area contributed by atoms with Crippen LogP contribution in [0.5, 0.6) is 5.75 Å². The van der Waals surface area contributed by atoms with Gasteiger partial charge in [0, 0.05) is 5.56 Å². The number of para-hydroxylation sites is 1. The number of amides is 1. The summed E-state index contributed by atoms with van der Waals surface area (Å²) in [5, 5.41) is 12.8. The standard InChI is InChI=1S/C16H14N2O4/c1-22-14-9-5-4-8-13(14)15(19)18-17-10-11-6-2-3-7-12(11)16(20)21/h2-10H,1H3,(H,18,19)(H,20,21)/b17-10-. The SMILES string of the molecule is COc1ccccc1C(=O)N/N=C\c1ccccc1C(=O)O. The minimum atomic E-state index is -1.06. The molecule has 6 heteroatoms. The number of nitrogens with zero attached hydrogens (tertiary/aromatic N) is 1. The molecule has 0 saturated heterocycles. The molecule has 6 nitrogen and oxygen atoms in total. The number of nitrogens with one attached hydrogen (secondary N) is 1. The fourth-order valence-corrected chi connectivity index (χ4v) is 1.86. The van der Waals surface area contributed by atoms with Gasteiger partial charge >= 0.3 is 5.97 Å². The Kier molecular flexibility index (Phi) is 4.87. The van der Waals surface area contributed by atoms with E-state index in [1.807, 2.05) is 0 Å². The van der Waals surface area contributed by atoms with Gasteiger partial charge in [0.1, 0.15) is 5.75 Å². The highest BCUT2D eigenvalue weighted by molar-refractivity contribution is 6.00. The molecule has 0 saturated carbocycles. The molecule has 22 heavy (non-hydrogen) atoms. The largest absolute Gasteiger partial charge is 0.496 e. The topological polar surface area (TPSA) is 88.0 Å². The van der Waals surface area contributed by atoms with Gasteiger partial charge in [0.05, 0.1) is 24.5 Å². The molecule has 0 aliphatic carbocycles. The summed E-state index contributed by atoms with van der Waals surface area (Å²) < 4.78 is 5.09. The number of hydrazone groups is 1. The van der Waals surface area contributed by atoms with Gasteiger partial charge in [-0.05, 0) is 18.2 Å². The van der Waals surface area contributed by atoms with Crippen molar-refractivity contribution in [3.05, 3.63) is 65.2 Å². The van der Waals surface area contributed by atoms with Gasteiger partial charge in [0.15, 0.2) is 0 Å². The van der Waals surface area contributed by atoms with Crippen molar-refractivity contribution in [3.63, 3.8) is 0 Å². The molecular weight excluding hydrogens is 284 g/mol. The van der Waals surface area contributed by atoms with Crippen LogP contribution < -0.4 is 10.2 Å². The van der Waals surface area contributed by atoms with Gasteiger partial charge in [-0.3, -0.25) is 4.79 Å². The van der Waals surface area contributed by atoms with Crippen LogP contribution in [0.1, 0.15) is 26.3 Å². The number of carboxylic acid groups (broad SMARTS) is 1. The van der Waals surface area contributed by atoms with E-state index in [4.69, 9.17) is 9.84 Å². The second-order valence-corrected chi connectivity index (χ2v) is 4.29. The average molecular weight is 298 g/mol. The maximum Gasteiger partial charge on any atom is 0.336 e. The predicted octanol–water partition coefficient (Wildman–Crippen LogP) is 2.16. The number of aromatic carboxylic acids is 1. The Hall–Kier alpha value is -3.15. The highest BCUT2D eigenvalue weighted by Gasteiger charge is 2.10. The molecule has 0 bridgehead atoms. The molecule has 0 radical (unpaired) electrons. The first kappa shape index (κ1) is 15.2. The molecule has 0 spiro atoms. The fraction of sp³-hybridized carbons (Fsp3) is 0.0625. The summed E-state index contributed by atoms with van der Waals surface area (Å²) >= 11 is 0. The minimum absolute atomic E-state index is 0.109. The third kappa shape index (κ3) is 3.49. The third-order valence-electron chi connectivity index (χ3n) is 2.91. The molecular formula is C16H14N2O4. The van der Waals surface area contributed by atoms with Crippen molar-refractivity contribution < 1.29 is 19.4 Å². The molecule has 2 aromatic carbocycles. The van der Waals surface area contributed by atoms with E-state index in [1.165, 1.54) is 19.4 Å². The summed E-state index contributed by atoms with van der Waals surface area (Å²) in [4.78, 5) is 23.1. The molecule has 2 aromatic rings. The van der Waals surface area contributed by atoms with Gasteiger partial charge in [-0.25, -0.2) is 10.2 Å². The van der Waals surface area contributed by atoms with E-state index < -0.39 is 11.9 Å². The molecule has 2 N–H and O–H groups in total. The first-order valence-corrected chi connectivity index (χ1v) is 6.42. The summed E-state index contributed by atoms with van der Waals surface area (Å²) in [6.45, 7) is 0. The number of carbonyl (C=O) groups excluding carboxylic acids is 1. The Morgan fingerprint density at radius 3 is 2.41 bits per heavy atom.